The van der Waals surface area contributed by atoms with E-state index in [1.165, 1.54) is 0 Å². The molecule has 1 aliphatic heterocycles. The van der Waals surface area contributed by atoms with Gasteiger partial charge in [0, 0.05) is 23.9 Å². The van der Waals surface area contributed by atoms with Crippen LogP contribution >= 0.6 is 11.6 Å². The summed E-state index contributed by atoms with van der Waals surface area (Å²) in [5.41, 5.74) is 1.06. The van der Waals surface area contributed by atoms with Crippen LogP contribution in [0, 0.1) is 0 Å². The van der Waals surface area contributed by atoms with E-state index in [0.29, 0.717) is 0 Å². The van der Waals surface area contributed by atoms with Crippen molar-refractivity contribution in [2.75, 3.05) is 0 Å². The van der Waals surface area contributed by atoms with E-state index in [1.54, 1.807) is 12.4 Å². The second-order valence-electron chi connectivity index (χ2n) is 1.95. The molecule has 1 rings (SSSR count). The van der Waals surface area contributed by atoms with Gasteiger partial charge in [-0.1, -0.05) is 17.7 Å². The third-order valence-electron chi connectivity index (χ3n) is 1.18. The van der Waals surface area contributed by atoms with Crippen LogP contribution in [-0.2, 0) is 0 Å². The molecular formula is C7H8ClN. The molecule has 1 nitrogen and oxygen atoms in total. The SMILES string of the molecule is CC1=C(Cl)CC=CN=C1. The second kappa shape index (κ2) is 2.83. The van der Waals surface area contributed by atoms with Crippen LogP contribution in [0.3, 0.4) is 0 Å². The highest BCUT2D eigenvalue weighted by atomic mass is 35.5. The lowest BCUT2D eigenvalue weighted by atomic mass is 10.2. The Labute approximate surface area is 59.7 Å². The van der Waals surface area contributed by atoms with Crippen molar-refractivity contribution >= 4 is 17.8 Å². The molecule has 1 aliphatic rings. The lowest BCUT2D eigenvalue weighted by Gasteiger charge is -1.91. The summed E-state index contributed by atoms with van der Waals surface area (Å²) in [5.74, 6) is 0. The summed E-state index contributed by atoms with van der Waals surface area (Å²) < 4.78 is 0. The molecule has 0 aromatic carbocycles. The van der Waals surface area contributed by atoms with E-state index in [4.69, 9.17) is 11.6 Å². The smallest absolute Gasteiger partial charge is 0.0308 e. The Balaban J connectivity index is 2.85. The molecule has 2 heteroatoms. The number of aliphatic imine (C=N–C) groups is 1. The third-order valence-corrected chi connectivity index (χ3v) is 1.64. The van der Waals surface area contributed by atoms with Gasteiger partial charge >= 0.3 is 0 Å². The first kappa shape index (κ1) is 6.56. The summed E-state index contributed by atoms with van der Waals surface area (Å²) in [7, 11) is 0. The van der Waals surface area contributed by atoms with E-state index in [0.717, 1.165) is 17.0 Å². The minimum atomic E-state index is 0.813. The van der Waals surface area contributed by atoms with Crippen molar-refractivity contribution < 1.29 is 0 Å². The number of allylic oxidation sites excluding steroid dienone is 3. The van der Waals surface area contributed by atoms with Crippen LogP contribution in [0.25, 0.3) is 0 Å². The van der Waals surface area contributed by atoms with E-state index in [-0.39, 0.29) is 0 Å². The van der Waals surface area contributed by atoms with Crippen molar-refractivity contribution in [1.82, 2.24) is 0 Å². The van der Waals surface area contributed by atoms with Crippen molar-refractivity contribution in [3.8, 4) is 0 Å². The normalized spacial score (nSPS) is 18.4. The molecule has 0 aromatic rings. The Hall–Kier alpha value is -0.560. The molecule has 0 saturated heterocycles. The van der Waals surface area contributed by atoms with E-state index >= 15 is 0 Å². The van der Waals surface area contributed by atoms with Gasteiger partial charge < -0.3 is 0 Å². The quantitative estimate of drug-likeness (QED) is 0.492. The summed E-state index contributed by atoms with van der Waals surface area (Å²) >= 11 is 5.81. The van der Waals surface area contributed by atoms with Gasteiger partial charge in [0.2, 0.25) is 0 Å². The standard InChI is InChI=1S/C7H8ClN/c1-6-5-9-4-2-3-7(6)8/h2,4-5H,3H2,1H3. The van der Waals surface area contributed by atoms with Crippen molar-refractivity contribution in [2.24, 2.45) is 4.99 Å². The number of rotatable bonds is 0. The molecule has 1 heterocycles. The fraction of sp³-hybridized carbons (Fsp3) is 0.286. The van der Waals surface area contributed by atoms with Gasteiger partial charge in [-0.25, -0.2) is 0 Å². The van der Waals surface area contributed by atoms with Gasteiger partial charge in [-0.3, -0.25) is 4.99 Å². The van der Waals surface area contributed by atoms with E-state index < -0.39 is 0 Å². The van der Waals surface area contributed by atoms with Crippen molar-refractivity contribution in [2.45, 2.75) is 13.3 Å². The summed E-state index contributed by atoms with van der Waals surface area (Å²) in [4.78, 5) is 3.95. The first-order valence-electron chi connectivity index (χ1n) is 2.84. The van der Waals surface area contributed by atoms with Crippen LogP contribution in [-0.4, -0.2) is 6.21 Å². The second-order valence-corrected chi connectivity index (χ2v) is 2.41. The molecule has 0 aliphatic carbocycles. The zero-order chi connectivity index (χ0) is 6.69. The van der Waals surface area contributed by atoms with Gasteiger partial charge in [-0.05, 0) is 12.5 Å². The largest absolute Gasteiger partial charge is 0.265 e. The predicted molar refractivity (Wildman–Crippen MR) is 40.8 cm³/mol. The molecule has 0 fully saturated rings. The maximum atomic E-state index is 5.81. The van der Waals surface area contributed by atoms with Gasteiger partial charge in [-0.15, -0.1) is 0 Å². The molecule has 0 N–H and O–H groups in total. The van der Waals surface area contributed by atoms with Crippen LogP contribution in [0.15, 0.2) is 27.9 Å². The Morgan fingerprint density at radius 2 is 2.44 bits per heavy atom. The van der Waals surface area contributed by atoms with Gasteiger partial charge in [-0.2, -0.15) is 0 Å². The number of halogens is 1. The maximum Gasteiger partial charge on any atom is 0.0308 e. The highest BCUT2D eigenvalue weighted by Crippen LogP contribution is 2.14. The number of hydrogen-bond acceptors (Lipinski definition) is 1. The fourth-order valence-corrected chi connectivity index (χ4v) is 0.741. The third kappa shape index (κ3) is 1.68. The van der Waals surface area contributed by atoms with E-state index in [1.807, 2.05) is 13.0 Å². The highest BCUT2D eigenvalue weighted by molar-refractivity contribution is 6.31. The zero-order valence-corrected chi connectivity index (χ0v) is 6.02. The molecule has 0 amide bonds. The maximum absolute atomic E-state index is 5.81. The van der Waals surface area contributed by atoms with Crippen molar-refractivity contribution in [3.05, 3.63) is 22.9 Å². The minimum absolute atomic E-state index is 0.813. The minimum Gasteiger partial charge on any atom is -0.265 e. The molecule has 0 bridgehead atoms. The zero-order valence-electron chi connectivity index (χ0n) is 5.26. The van der Waals surface area contributed by atoms with Crippen LogP contribution in [0.4, 0.5) is 0 Å². The Morgan fingerprint density at radius 3 is 3.22 bits per heavy atom. The molecule has 0 unspecified atom stereocenters. The average Bonchev–Trinajstić information content (AvgIpc) is 1.99. The van der Waals surface area contributed by atoms with Crippen molar-refractivity contribution in [1.29, 1.82) is 0 Å². The molecule has 0 spiro atoms. The molecule has 48 valence electrons. The molecular weight excluding hydrogens is 134 g/mol. The molecule has 0 radical (unpaired) electrons. The molecule has 0 saturated carbocycles. The lowest BCUT2D eigenvalue weighted by Crippen LogP contribution is -1.78. The predicted octanol–water partition coefficient (Wildman–Crippen LogP) is 2.49. The summed E-state index contributed by atoms with van der Waals surface area (Å²) in [6.07, 6.45) is 6.29. The lowest BCUT2D eigenvalue weighted by molar-refractivity contribution is 1.32. The first-order valence-corrected chi connectivity index (χ1v) is 3.22. The summed E-state index contributed by atoms with van der Waals surface area (Å²) in [6, 6.07) is 0. The van der Waals surface area contributed by atoms with Crippen LogP contribution < -0.4 is 0 Å². The van der Waals surface area contributed by atoms with Crippen LogP contribution in [0.1, 0.15) is 13.3 Å². The Kier molecular flexibility index (Phi) is 2.06. The Morgan fingerprint density at radius 1 is 1.67 bits per heavy atom. The van der Waals surface area contributed by atoms with Gasteiger partial charge in [0.25, 0.3) is 0 Å². The number of hydrogen-bond donors (Lipinski definition) is 0. The molecule has 0 aromatic heterocycles. The fourth-order valence-electron chi connectivity index (χ4n) is 0.603. The van der Waals surface area contributed by atoms with Gasteiger partial charge in [0.1, 0.15) is 0 Å². The highest BCUT2D eigenvalue weighted by Gasteiger charge is 1.95. The average molecular weight is 142 g/mol. The summed E-state index contributed by atoms with van der Waals surface area (Å²) in [6.45, 7) is 1.96. The van der Waals surface area contributed by atoms with Crippen LogP contribution in [0.2, 0.25) is 0 Å². The molecule has 9 heavy (non-hydrogen) atoms. The van der Waals surface area contributed by atoms with Crippen molar-refractivity contribution in [3.63, 3.8) is 0 Å². The van der Waals surface area contributed by atoms with E-state index in [2.05, 4.69) is 4.99 Å². The Bertz CT molecular complexity index is 189. The van der Waals surface area contributed by atoms with E-state index in [9.17, 15) is 0 Å². The van der Waals surface area contributed by atoms with Gasteiger partial charge in [0.15, 0.2) is 0 Å². The number of nitrogens with zero attached hydrogens (tertiary/aromatic N) is 1. The molecule has 0 atom stereocenters. The van der Waals surface area contributed by atoms with Crippen LogP contribution in [0.5, 0.6) is 0 Å². The monoisotopic (exact) mass is 141 g/mol. The topological polar surface area (TPSA) is 12.4 Å². The first-order chi connectivity index (χ1) is 4.30. The summed E-state index contributed by atoms with van der Waals surface area (Å²) in [5, 5.41) is 0.882. The van der Waals surface area contributed by atoms with Gasteiger partial charge in [0.05, 0.1) is 0 Å².